The second kappa shape index (κ2) is 6.28. The Hall–Kier alpha value is -3.57. The Morgan fingerprint density at radius 2 is 2.04 bits per heavy atom. The number of ether oxygens (including phenoxy) is 1. The average molecular weight is 320 g/mol. The minimum atomic E-state index is -0.911. The minimum Gasteiger partial charge on any atom is -0.763 e. The van der Waals surface area contributed by atoms with Gasteiger partial charge >= 0.3 is 11.9 Å². The fourth-order valence-electron chi connectivity index (χ4n) is 2.31. The van der Waals surface area contributed by atoms with Gasteiger partial charge in [0, 0.05) is 6.08 Å². The molecule has 1 aromatic heterocycles. The molecule has 0 atom stereocenters. The Kier molecular flexibility index (Phi) is 4.01. The number of benzene rings is 1. The van der Waals surface area contributed by atoms with E-state index in [4.69, 9.17) is 5.41 Å². The molecule has 7 heteroatoms. The van der Waals surface area contributed by atoms with Gasteiger partial charge in [0.25, 0.3) is 6.33 Å². The minimum absolute atomic E-state index is 0.198. The van der Waals surface area contributed by atoms with Gasteiger partial charge in [0.15, 0.2) is 0 Å². The summed E-state index contributed by atoms with van der Waals surface area (Å²) >= 11 is 0. The van der Waals surface area contributed by atoms with Gasteiger partial charge in [0.1, 0.15) is 18.9 Å². The maximum atomic E-state index is 11.6. The third-order valence-corrected chi connectivity index (χ3v) is 3.45. The molecule has 1 aromatic carbocycles. The Labute approximate surface area is 137 Å². The Bertz CT molecular complexity index is 918. The summed E-state index contributed by atoms with van der Waals surface area (Å²) in [6, 6.07) is 9.76. The number of rotatable bonds is 4. The normalized spacial score (nSPS) is 13.2. The highest BCUT2D eigenvalue weighted by Crippen LogP contribution is 2.17. The molecule has 0 fully saturated rings. The third kappa shape index (κ3) is 2.97. The van der Waals surface area contributed by atoms with Crippen LogP contribution in [0.3, 0.4) is 0 Å². The quantitative estimate of drug-likeness (QED) is 0.297. The van der Waals surface area contributed by atoms with Crippen LogP contribution in [0.15, 0.2) is 66.3 Å². The SMILES string of the molecule is [N-]=C=C(C(=N)n1cc[n+](Cc2ccccc2)c1)C1=CC(=O)OC1=O. The molecule has 0 amide bonds. The molecule has 0 radical (unpaired) electrons. The van der Waals surface area contributed by atoms with Gasteiger partial charge in [0.05, 0.1) is 11.1 Å². The first-order chi connectivity index (χ1) is 11.6. The number of hydrogen-bond donors (Lipinski definition) is 1. The number of hydrogen-bond acceptors (Lipinski definition) is 4. The molecule has 0 spiro atoms. The first kappa shape index (κ1) is 15.3. The van der Waals surface area contributed by atoms with Gasteiger partial charge in [0.2, 0.25) is 5.84 Å². The average Bonchev–Trinajstić information content (AvgIpc) is 3.16. The van der Waals surface area contributed by atoms with Gasteiger partial charge in [-0.25, -0.2) is 14.2 Å². The molecule has 0 saturated heterocycles. The lowest BCUT2D eigenvalue weighted by Gasteiger charge is -2.03. The Balaban J connectivity index is 1.83. The summed E-state index contributed by atoms with van der Waals surface area (Å²) in [7, 11) is 0. The van der Waals surface area contributed by atoms with Crippen molar-refractivity contribution in [2.75, 3.05) is 0 Å². The summed E-state index contributed by atoms with van der Waals surface area (Å²) < 4.78 is 7.61. The van der Waals surface area contributed by atoms with Crippen LogP contribution in [0.25, 0.3) is 5.41 Å². The number of nitrogens with zero attached hydrogens (tertiary/aromatic N) is 3. The molecular weight excluding hydrogens is 308 g/mol. The van der Waals surface area contributed by atoms with Crippen molar-refractivity contribution in [1.82, 2.24) is 4.57 Å². The van der Waals surface area contributed by atoms with E-state index < -0.39 is 11.9 Å². The lowest BCUT2D eigenvalue weighted by atomic mass is 10.1. The molecule has 1 aliphatic rings. The fraction of sp³-hybridized carbons (Fsp3) is 0.0588. The Morgan fingerprint density at radius 1 is 1.29 bits per heavy atom. The number of esters is 2. The lowest BCUT2D eigenvalue weighted by molar-refractivity contribution is -0.687. The van der Waals surface area contributed by atoms with Crippen molar-refractivity contribution in [3.05, 3.63) is 77.2 Å². The van der Waals surface area contributed by atoms with E-state index in [1.54, 1.807) is 24.6 Å². The predicted octanol–water partition coefficient (Wildman–Crippen LogP) is 0.825. The first-order valence-electron chi connectivity index (χ1n) is 7.04. The Morgan fingerprint density at radius 3 is 2.67 bits per heavy atom. The van der Waals surface area contributed by atoms with E-state index >= 15 is 0 Å². The van der Waals surface area contributed by atoms with Crippen LogP contribution in [0.2, 0.25) is 0 Å². The summed E-state index contributed by atoms with van der Waals surface area (Å²) in [5, 5.41) is 17.4. The summed E-state index contributed by atoms with van der Waals surface area (Å²) in [5.41, 5.74) is 0.674. The highest BCUT2D eigenvalue weighted by atomic mass is 16.6. The summed E-state index contributed by atoms with van der Waals surface area (Å²) in [5.74, 6) is -0.156. The molecule has 0 aliphatic carbocycles. The van der Waals surface area contributed by atoms with E-state index in [1.165, 1.54) is 4.57 Å². The number of nitrogens with one attached hydrogen (secondary N) is 1. The van der Waals surface area contributed by atoms with Gasteiger partial charge in [-0.3, -0.25) is 11.3 Å². The van der Waals surface area contributed by atoms with E-state index in [0.717, 1.165) is 11.6 Å². The molecule has 1 aliphatic heterocycles. The van der Waals surface area contributed by atoms with Crippen molar-refractivity contribution >= 4 is 23.6 Å². The van der Waals surface area contributed by atoms with Crippen molar-refractivity contribution in [2.45, 2.75) is 6.54 Å². The molecule has 118 valence electrons. The largest absolute Gasteiger partial charge is 0.763 e. The van der Waals surface area contributed by atoms with Crippen molar-refractivity contribution in [1.29, 1.82) is 5.41 Å². The van der Waals surface area contributed by atoms with Crippen LogP contribution in [-0.2, 0) is 20.9 Å². The van der Waals surface area contributed by atoms with E-state index in [-0.39, 0.29) is 17.0 Å². The van der Waals surface area contributed by atoms with E-state index in [2.05, 4.69) is 4.74 Å². The summed E-state index contributed by atoms with van der Waals surface area (Å²) in [6.07, 6.45) is 5.92. The molecule has 24 heavy (non-hydrogen) atoms. The van der Waals surface area contributed by atoms with Crippen molar-refractivity contribution in [3.63, 3.8) is 0 Å². The summed E-state index contributed by atoms with van der Waals surface area (Å²) in [4.78, 5) is 22.7. The van der Waals surface area contributed by atoms with Crippen LogP contribution in [0.1, 0.15) is 5.56 Å². The topological polar surface area (TPSA) is 98.3 Å². The van der Waals surface area contributed by atoms with Crippen LogP contribution >= 0.6 is 0 Å². The number of carbonyl (C=O) groups is 2. The van der Waals surface area contributed by atoms with Crippen molar-refractivity contribution in [3.8, 4) is 0 Å². The summed E-state index contributed by atoms with van der Waals surface area (Å²) in [6.45, 7) is 0.603. The smallest absolute Gasteiger partial charge is 0.347 e. The molecule has 3 rings (SSSR count). The van der Waals surface area contributed by atoms with Gasteiger partial charge in [-0.2, -0.15) is 4.57 Å². The first-order valence-corrected chi connectivity index (χ1v) is 7.04. The number of carbonyl (C=O) groups excluding carboxylic acids is 2. The molecule has 0 bridgehead atoms. The van der Waals surface area contributed by atoms with Crippen molar-refractivity contribution in [2.24, 2.45) is 0 Å². The van der Waals surface area contributed by atoms with Crippen LogP contribution < -0.4 is 4.57 Å². The highest BCUT2D eigenvalue weighted by Gasteiger charge is 2.30. The number of imidazole rings is 1. The van der Waals surface area contributed by atoms with E-state index in [9.17, 15) is 15.0 Å². The zero-order valence-electron chi connectivity index (χ0n) is 12.5. The monoisotopic (exact) mass is 320 g/mol. The zero-order valence-corrected chi connectivity index (χ0v) is 12.5. The van der Waals surface area contributed by atoms with Crippen LogP contribution in [0.5, 0.6) is 0 Å². The highest BCUT2D eigenvalue weighted by molar-refractivity contribution is 6.22. The van der Waals surface area contributed by atoms with Crippen molar-refractivity contribution < 1.29 is 18.9 Å². The van der Waals surface area contributed by atoms with Crippen LogP contribution in [0, 0.1) is 5.41 Å². The second-order valence-electron chi connectivity index (χ2n) is 5.08. The molecule has 2 heterocycles. The fourth-order valence-corrected chi connectivity index (χ4v) is 2.31. The van der Waals surface area contributed by atoms with Gasteiger partial charge < -0.3 is 10.1 Å². The number of cyclic esters (lactones) is 2. The number of aromatic nitrogens is 2. The molecule has 0 saturated carbocycles. The maximum Gasteiger partial charge on any atom is 0.347 e. The molecule has 1 N–H and O–H groups in total. The van der Waals surface area contributed by atoms with Crippen LogP contribution in [0.4, 0.5) is 0 Å². The second-order valence-corrected chi connectivity index (χ2v) is 5.08. The van der Waals surface area contributed by atoms with E-state index in [0.29, 0.717) is 6.54 Å². The molecule has 2 aromatic rings. The van der Waals surface area contributed by atoms with Crippen LogP contribution in [-0.4, -0.2) is 28.2 Å². The molecule has 7 nitrogen and oxygen atoms in total. The van der Waals surface area contributed by atoms with E-state index in [1.807, 2.05) is 34.9 Å². The van der Waals surface area contributed by atoms with Gasteiger partial charge in [-0.1, -0.05) is 30.3 Å². The molecule has 0 unspecified atom stereocenters. The van der Waals surface area contributed by atoms with Gasteiger partial charge in [-0.15, -0.1) is 0 Å². The maximum absolute atomic E-state index is 11.6. The molecular formula is C17H12N4O3. The van der Waals surface area contributed by atoms with Gasteiger partial charge in [-0.05, 0) is 5.56 Å². The standard InChI is InChI=1S/C17H12N4O3/c18-9-14(13-8-15(22)24-17(13)23)16(19)21-7-6-20(11-21)10-12-4-2-1-3-5-12/h1-8,11,19H,10H2. The predicted molar refractivity (Wildman–Crippen MR) is 84.4 cm³/mol. The third-order valence-electron chi connectivity index (χ3n) is 3.45. The lowest BCUT2D eigenvalue weighted by Crippen LogP contribution is -2.32. The zero-order chi connectivity index (χ0) is 17.1.